The van der Waals surface area contributed by atoms with Gasteiger partial charge in [0.25, 0.3) is 15.9 Å². The van der Waals surface area contributed by atoms with Crippen LogP contribution in [0.25, 0.3) is 11.4 Å². The van der Waals surface area contributed by atoms with Crippen LogP contribution in [0.5, 0.6) is 23.1 Å². The van der Waals surface area contributed by atoms with Gasteiger partial charge in [-0.25, -0.2) is 14.8 Å². The zero-order valence-electron chi connectivity index (χ0n) is 24.7. The van der Waals surface area contributed by atoms with E-state index in [9.17, 15) is 33.6 Å². The first-order valence-corrected chi connectivity index (χ1v) is 15.2. The highest BCUT2D eigenvalue weighted by atomic mass is 32.2. The Labute approximate surface area is 267 Å². The van der Waals surface area contributed by atoms with Crippen molar-refractivity contribution < 1.29 is 57.3 Å². The molecule has 5 atom stereocenters. The number of benzene rings is 1. The van der Waals surface area contributed by atoms with E-state index in [0.29, 0.717) is 16.9 Å². The van der Waals surface area contributed by atoms with Crippen LogP contribution in [-0.2, 0) is 30.9 Å². The summed E-state index contributed by atoms with van der Waals surface area (Å²) in [6.45, 7) is -0.326. The number of nitrogens with zero attached hydrogens (tertiary/aromatic N) is 4. The number of aliphatic carboxylic acids is 1. The number of sulfonamides is 1. The predicted octanol–water partition coefficient (Wildman–Crippen LogP) is 0.953. The monoisotopic (exact) mass is 671 g/mol. The average Bonchev–Trinajstić information content (AvgIpc) is 3.08. The molecule has 5 rings (SSSR count). The quantitative estimate of drug-likeness (QED) is 0.141. The van der Waals surface area contributed by atoms with Gasteiger partial charge < -0.3 is 44.1 Å². The molecule has 1 aliphatic heterocycles. The zero-order chi connectivity index (χ0) is 33.7. The fourth-order valence-electron chi connectivity index (χ4n) is 4.38. The summed E-state index contributed by atoms with van der Waals surface area (Å²) in [5.41, 5.74) is 0.810. The number of nitrogens with one attached hydrogen (secondary N) is 1. The molecule has 4 heterocycles. The normalized spacial score (nSPS) is 21.1. The summed E-state index contributed by atoms with van der Waals surface area (Å²) in [4.78, 5) is 28.1. The maximum Gasteiger partial charge on any atom is 0.335 e. The van der Waals surface area contributed by atoms with E-state index in [2.05, 4.69) is 24.7 Å². The van der Waals surface area contributed by atoms with Crippen molar-refractivity contribution in [2.75, 3.05) is 18.9 Å². The summed E-state index contributed by atoms with van der Waals surface area (Å²) >= 11 is 0. The van der Waals surface area contributed by atoms with Crippen molar-refractivity contribution >= 4 is 21.8 Å². The van der Waals surface area contributed by atoms with E-state index in [0.717, 1.165) is 0 Å². The second kappa shape index (κ2) is 14.2. The molecule has 4 aromatic rings. The molecule has 0 amide bonds. The molecule has 1 fully saturated rings. The van der Waals surface area contributed by atoms with E-state index < -0.39 is 51.7 Å². The van der Waals surface area contributed by atoms with E-state index in [-0.39, 0.29) is 35.6 Å². The van der Waals surface area contributed by atoms with Gasteiger partial charge >= 0.3 is 5.97 Å². The van der Waals surface area contributed by atoms with Gasteiger partial charge in [0.15, 0.2) is 40.6 Å². The Morgan fingerprint density at radius 1 is 0.936 bits per heavy atom. The zero-order valence-corrected chi connectivity index (χ0v) is 25.5. The number of carbonyl (C=O) groups is 1. The molecule has 0 radical (unpaired) electrons. The van der Waals surface area contributed by atoms with Crippen LogP contribution in [0.15, 0.2) is 72.1 Å². The number of carboxylic acid groups (broad SMARTS) is 1. The van der Waals surface area contributed by atoms with E-state index in [1.165, 1.54) is 44.9 Å². The number of carboxylic acids is 1. The summed E-state index contributed by atoms with van der Waals surface area (Å²) < 4.78 is 56.8. The Hall–Kier alpha value is -4.98. The van der Waals surface area contributed by atoms with Crippen LogP contribution in [0.1, 0.15) is 5.56 Å². The fourth-order valence-corrected chi connectivity index (χ4v) is 5.31. The summed E-state index contributed by atoms with van der Waals surface area (Å²) in [6, 6.07) is 12.4. The molecule has 1 aliphatic rings. The molecule has 1 aromatic carbocycles. The molecular weight excluding hydrogens is 642 g/mol. The molecular formula is C29H29N5O12S. The van der Waals surface area contributed by atoms with Crippen LogP contribution in [0.3, 0.4) is 0 Å². The van der Waals surface area contributed by atoms with E-state index >= 15 is 0 Å². The number of aliphatic hydroxyl groups excluding tert-OH is 3. The number of hydrogen-bond acceptors (Lipinski definition) is 15. The van der Waals surface area contributed by atoms with Crippen LogP contribution in [0, 0.1) is 0 Å². The number of ether oxygens (including phenoxy) is 5. The number of pyridine rings is 2. The van der Waals surface area contributed by atoms with Gasteiger partial charge in [0.2, 0.25) is 5.75 Å². The lowest BCUT2D eigenvalue weighted by atomic mass is 9.99. The first-order chi connectivity index (χ1) is 22.5. The Morgan fingerprint density at radius 2 is 1.66 bits per heavy atom. The molecule has 1 saturated heterocycles. The number of methoxy groups -OCH3 is 2. The number of anilines is 1. The van der Waals surface area contributed by atoms with Crippen molar-refractivity contribution in [3.05, 3.63) is 72.7 Å². The van der Waals surface area contributed by atoms with E-state index in [4.69, 9.17) is 23.7 Å². The number of aliphatic hydroxyl groups is 3. The highest BCUT2D eigenvalue weighted by Crippen LogP contribution is 2.41. The highest BCUT2D eigenvalue weighted by molar-refractivity contribution is 7.92. The molecule has 0 aliphatic carbocycles. The van der Waals surface area contributed by atoms with Gasteiger partial charge in [-0.15, -0.1) is 0 Å². The van der Waals surface area contributed by atoms with E-state index in [1.807, 2.05) is 0 Å². The third kappa shape index (κ3) is 7.38. The van der Waals surface area contributed by atoms with Gasteiger partial charge in [-0.1, -0.05) is 18.2 Å². The second-order valence-corrected chi connectivity index (χ2v) is 11.5. The fraction of sp³-hybridized carbons (Fsp3) is 0.276. The van der Waals surface area contributed by atoms with Crippen LogP contribution >= 0.6 is 0 Å². The lowest BCUT2D eigenvalue weighted by molar-refractivity contribution is -0.297. The van der Waals surface area contributed by atoms with Crippen LogP contribution in [-0.4, -0.2) is 99.7 Å². The first-order valence-electron chi connectivity index (χ1n) is 13.7. The first kappa shape index (κ1) is 33.4. The van der Waals surface area contributed by atoms with Crippen molar-refractivity contribution in [2.45, 2.75) is 42.3 Å². The summed E-state index contributed by atoms with van der Waals surface area (Å²) in [6.07, 6.45) is -4.73. The van der Waals surface area contributed by atoms with Crippen molar-refractivity contribution in [1.29, 1.82) is 0 Å². The molecule has 248 valence electrons. The van der Waals surface area contributed by atoms with E-state index in [1.54, 1.807) is 36.4 Å². The molecule has 3 aromatic heterocycles. The largest absolute Gasteiger partial charge is 0.493 e. The smallest absolute Gasteiger partial charge is 0.335 e. The minimum Gasteiger partial charge on any atom is -0.493 e. The van der Waals surface area contributed by atoms with Crippen molar-refractivity contribution in [1.82, 2.24) is 19.9 Å². The standard InChI is InChI=1S/C29H29N5O12S/c1-42-17-5-3-4-6-18(17)45-24-26(32-25(33-27(24)43-2)16-9-11-30-12-10-16)34-47(40,41)19-8-7-15(13-31-19)14-44-29-22(37)20(35)21(36)23(46-29)28(38)39/h3-13,20-23,29,35-37H,14H2,1-2H3,(H,38,39)(H,32,33,34)/t20-,21-,22+,23-,29+/m0/s1. The Kier molecular flexibility index (Phi) is 10.1. The van der Waals surface area contributed by atoms with Gasteiger partial charge in [-0.05, 0) is 35.9 Å². The van der Waals surface area contributed by atoms with Crippen molar-refractivity contribution in [3.8, 4) is 34.5 Å². The summed E-state index contributed by atoms with van der Waals surface area (Å²) in [7, 11) is -1.65. The molecule has 47 heavy (non-hydrogen) atoms. The van der Waals surface area contributed by atoms with Crippen LogP contribution < -0.4 is 18.9 Å². The molecule has 0 spiro atoms. The maximum atomic E-state index is 13.5. The van der Waals surface area contributed by atoms with Crippen LogP contribution in [0.2, 0.25) is 0 Å². The van der Waals surface area contributed by atoms with Gasteiger partial charge in [0.1, 0.15) is 18.3 Å². The Morgan fingerprint density at radius 3 is 2.30 bits per heavy atom. The van der Waals surface area contributed by atoms with Gasteiger partial charge in [0.05, 0.1) is 20.8 Å². The highest BCUT2D eigenvalue weighted by Gasteiger charge is 2.47. The lowest BCUT2D eigenvalue weighted by Crippen LogP contribution is -2.60. The minimum absolute atomic E-state index is 0.0919. The summed E-state index contributed by atoms with van der Waals surface area (Å²) in [5.74, 6) is -1.43. The molecule has 18 heteroatoms. The number of hydrogen-bond donors (Lipinski definition) is 5. The predicted molar refractivity (Wildman–Crippen MR) is 159 cm³/mol. The van der Waals surface area contributed by atoms with Crippen molar-refractivity contribution in [2.24, 2.45) is 0 Å². The van der Waals surface area contributed by atoms with Crippen LogP contribution in [0.4, 0.5) is 5.82 Å². The lowest BCUT2D eigenvalue weighted by Gasteiger charge is -2.38. The molecule has 0 saturated carbocycles. The minimum atomic E-state index is -4.42. The van der Waals surface area contributed by atoms with Gasteiger partial charge in [-0.3, -0.25) is 9.71 Å². The van der Waals surface area contributed by atoms with Gasteiger partial charge in [-0.2, -0.15) is 13.4 Å². The summed E-state index contributed by atoms with van der Waals surface area (Å²) in [5, 5.41) is 38.8. The number of rotatable bonds is 12. The third-order valence-electron chi connectivity index (χ3n) is 6.78. The molecule has 0 bridgehead atoms. The number of aromatic nitrogens is 4. The topological polar surface area (TPSA) is 242 Å². The maximum absolute atomic E-state index is 13.5. The molecule has 0 unspecified atom stereocenters. The van der Waals surface area contributed by atoms with Crippen molar-refractivity contribution in [3.63, 3.8) is 0 Å². The Bertz CT molecular complexity index is 1810. The Balaban J connectivity index is 1.40. The third-order valence-corrected chi connectivity index (χ3v) is 8.03. The molecule has 17 nitrogen and oxygen atoms in total. The van der Waals surface area contributed by atoms with Gasteiger partial charge in [0, 0.05) is 24.2 Å². The second-order valence-electron chi connectivity index (χ2n) is 9.88. The number of para-hydroxylation sites is 2. The molecule has 5 N–H and O–H groups in total. The SMILES string of the molecule is COc1ccccc1Oc1c(NS(=O)(=O)c2ccc(CO[C@@H]3O[C@H](C(=O)O)[C@@H](O)[C@H](O)[C@H]3O)cn2)nc(-c2ccncc2)nc1OC. The average molecular weight is 672 g/mol.